The summed E-state index contributed by atoms with van der Waals surface area (Å²) in [6, 6.07) is 12.1. The van der Waals surface area contributed by atoms with Gasteiger partial charge in [0.05, 0.1) is 6.04 Å². The second kappa shape index (κ2) is 5.81. The quantitative estimate of drug-likeness (QED) is 0.476. The highest BCUT2D eigenvalue weighted by Crippen LogP contribution is 2.59. The van der Waals surface area contributed by atoms with Crippen LogP contribution >= 0.6 is 15.9 Å². The van der Waals surface area contributed by atoms with Gasteiger partial charge in [-0.1, -0.05) is 58.4 Å². The normalized spacial score (nSPS) is 32.4. The Hall–Kier alpha value is -1.87. The molecule has 0 saturated heterocycles. The standard InChI is InChI=1S/C24H21BrFN/c25-15-11-20-16-7-3-5-14(16)13-27-23(19-6-1-2-10-22(19)26)18-9-4-8-17(18)21(12-15)24(20)27/h1-4,6-8,10-12,14,16-18,23H,5,9,13H2/t14-,16+,17+,18+,23+/m1/s1. The van der Waals surface area contributed by atoms with Crippen molar-refractivity contribution in [3.8, 4) is 0 Å². The molecule has 0 unspecified atom stereocenters. The summed E-state index contributed by atoms with van der Waals surface area (Å²) in [5.41, 5.74) is 5.07. The molecule has 0 amide bonds. The van der Waals surface area contributed by atoms with Crippen LogP contribution in [0.3, 0.4) is 0 Å². The highest BCUT2D eigenvalue weighted by Gasteiger charge is 2.48. The van der Waals surface area contributed by atoms with Crippen molar-refractivity contribution in [2.45, 2.75) is 30.7 Å². The van der Waals surface area contributed by atoms with Gasteiger partial charge in [-0.25, -0.2) is 4.39 Å². The van der Waals surface area contributed by atoms with E-state index in [4.69, 9.17) is 0 Å². The number of hydrogen-bond acceptors (Lipinski definition) is 1. The van der Waals surface area contributed by atoms with Crippen molar-refractivity contribution in [1.29, 1.82) is 0 Å². The summed E-state index contributed by atoms with van der Waals surface area (Å²) in [6.45, 7) is 1.02. The minimum atomic E-state index is -0.0677. The molecule has 5 atom stereocenters. The number of allylic oxidation sites excluding steroid dienone is 4. The first-order chi connectivity index (χ1) is 13.2. The van der Waals surface area contributed by atoms with Crippen LogP contribution in [0.5, 0.6) is 0 Å². The van der Waals surface area contributed by atoms with Gasteiger partial charge in [0, 0.05) is 34.1 Å². The van der Waals surface area contributed by atoms with Crippen molar-refractivity contribution < 1.29 is 4.39 Å². The Balaban J connectivity index is 1.61. The Kier molecular flexibility index (Phi) is 3.47. The maximum absolute atomic E-state index is 14.9. The number of anilines is 1. The number of rotatable bonds is 1. The molecule has 3 heteroatoms. The summed E-state index contributed by atoms with van der Waals surface area (Å²) in [5.74, 6) is 1.80. The van der Waals surface area contributed by atoms with Gasteiger partial charge in [0.15, 0.2) is 0 Å². The number of benzene rings is 2. The molecule has 27 heavy (non-hydrogen) atoms. The molecule has 4 aliphatic rings. The molecular weight excluding hydrogens is 401 g/mol. The van der Waals surface area contributed by atoms with Gasteiger partial charge >= 0.3 is 0 Å². The van der Waals surface area contributed by atoms with E-state index in [1.54, 1.807) is 12.1 Å². The monoisotopic (exact) mass is 421 g/mol. The minimum Gasteiger partial charge on any atom is -0.363 e. The van der Waals surface area contributed by atoms with Crippen LogP contribution in [0.1, 0.15) is 47.4 Å². The van der Waals surface area contributed by atoms with Gasteiger partial charge < -0.3 is 4.90 Å². The number of halogens is 2. The first-order valence-electron chi connectivity index (χ1n) is 9.90. The van der Waals surface area contributed by atoms with Gasteiger partial charge in [0.25, 0.3) is 0 Å². The second-order valence-electron chi connectivity index (χ2n) is 8.35. The lowest BCUT2D eigenvalue weighted by Gasteiger charge is -2.51. The fourth-order valence-corrected chi connectivity index (χ4v) is 6.50. The van der Waals surface area contributed by atoms with Crippen LogP contribution < -0.4 is 4.90 Å². The third-order valence-electron chi connectivity index (χ3n) is 7.04. The van der Waals surface area contributed by atoms with E-state index in [0.29, 0.717) is 23.7 Å². The zero-order valence-electron chi connectivity index (χ0n) is 15.0. The Morgan fingerprint density at radius 1 is 0.926 bits per heavy atom. The summed E-state index contributed by atoms with van der Waals surface area (Å²) in [5, 5.41) is 0. The molecule has 0 spiro atoms. The van der Waals surface area contributed by atoms with Crippen LogP contribution in [0, 0.1) is 17.7 Å². The Morgan fingerprint density at radius 2 is 1.67 bits per heavy atom. The first kappa shape index (κ1) is 16.1. The molecule has 0 N–H and O–H groups in total. The molecule has 0 radical (unpaired) electrons. The zero-order chi connectivity index (χ0) is 18.1. The smallest absolute Gasteiger partial charge is 0.128 e. The molecule has 2 aliphatic carbocycles. The lowest BCUT2D eigenvalue weighted by molar-refractivity contribution is 0.328. The highest BCUT2D eigenvalue weighted by molar-refractivity contribution is 9.10. The molecule has 2 aromatic carbocycles. The maximum Gasteiger partial charge on any atom is 0.128 e. The van der Waals surface area contributed by atoms with E-state index in [9.17, 15) is 4.39 Å². The van der Waals surface area contributed by atoms with Crippen molar-refractivity contribution in [1.82, 2.24) is 0 Å². The van der Waals surface area contributed by atoms with Crippen LogP contribution in [0.15, 0.2) is 65.2 Å². The molecule has 6 rings (SSSR count). The van der Waals surface area contributed by atoms with E-state index in [1.807, 2.05) is 12.1 Å². The van der Waals surface area contributed by atoms with Gasteiger partial charge in [0.1, 0.15) is 5.82 Å². The molecule has 0 aromatic heterocycles. The number of fused-ring (bicyclic) bond motifs is 4. The fraction of sp³-hybridized carbons (Fsp3) is 0.333. The van der Waals surface area contributed by atoms with E-state index < -0.39 is 0 Å². The van der Waals surface area contributed by atoms with Crippen molar-refractivity contribution in [2.75, 3.05) is 11.4 Å². The molecule has 0 bridgehead atoms. The lowest BCUT2D eigenvalue weighted by atomic mass is 9.70. The molecule has 0 fully saturated rings. The van der Waals surface area contributed by atoms with Crippen molar-refractivity contribution >= 4 is 21.6 Å². The summed E-state index contributed by atoms with van der Waals surface area (Å²) in [6.07, 6.45) is 11.5. The lowest BCUT2D eigenvalue weighted by Crippen LogP contribution is -2.46. The van der Waals surface area contributed by atoms with Crippen molar-refractivity contribution in [3.05, 3.63) is 87.7 Å². The van der Waals surface area contributed by atoms with Crippen LogP contribution in [-0.4, -0.2) is 6.54 Å². The van der Waals surface area contributed by atoms with Gasteiger partial charge in [-0.15, -0.1) is 0 Å². The van der Waals surface area contributed by atoms with Crippen LogP contribution in [0.2, 0.25) is 0 Å². The Morgan fingerprint density at radius 3 is 2.52 bits per heavy atom. The maximum atomic E-state index is 14.9. The number of hydrogen-bond donors (Lipinski definition) is 0. The summed E-state index contributed by atoms with van der Waals surface area (Å²) in [4.78, 5) is 2.55. The molecule has 1 nitrogen and oxygen atoms in total. The summed E-state index contributed by atoms with van der Waals surface area (Å²) in [7, 11) is 0. The number of nitrogens with zero attached hydrogens (tertiary/aromatic N) is 1. The van der Waals surface area contributed by atoms with Crippen LogP contribution in [-0.2, 0) is 0 Å². The summed E-state index contributed by atoms with van der Waals surface area (Å²) < 4.78 is 16.1. The first-order valence-corrected chi connectivity index (χ1v) is 10.7. The Labute approximate surface area is 167 Å². The van der Waals surface area contributed by atoms with Crippen molar-refractivity contribution in [3.63, 3.8) is 0 Å². The predicted octanol–water partition coefficient (Wildman–Crippen LogP) is 6.48. The average molecular weight is 422 g/mol. The molecule has 0 saturated carbocycles. The zero-order valence-corrected chi connectivity index (χ0v) is 16.6. The largest absolute Gasteiger partial charge is 0.363 e. The highest BCUT2D eigenvalue weighted by atomic mass is 79.9. The van der Waals surface area contributed by atoms with E-state index in [1.165, 1.54) is 21.3 Å². The van der Waals surface area contributed by atoms with Crippen molar-refractivity contribution in [2.24, 2.45) is 11.8 Å². The van der Waals surface area contributed by atoms with Gasteiger partial charge in [-0.3, -0.25) is 0 Å². The topological polar surface area (TPSA) is 3.24 Å². The molecule has 136 valence electrons. The van der Waals surface area contributed by atoms with E-state index in [0.717, 1.165) is 24.9 Å². The van der Waals surface area contributed by atoms with Gasteiger partial charge in [-0.2, -0.15) is 0 Å². The minimum absolute atomic E-state index is 0.0677. The third kappa shape index (κ3) is 2.21. The van der Waals surface area contributed by atoms with Gasteiger partial charge in [-0.05, 0) is 54.0 Å². The molecule has 2 aliphatic heterocycles. The van der Waals surface area contributed by atoms with E-state index >= 15 is 0 Å². The predicted molar refractivity (Wildman–Crippen MR) is 111 cm³/mol. The fourth-order valence-electron chi connectivity index (χ4n) is 6.00. The average Bonchev–Trinajstić information content (AvgIpc) is 3.32. The third-order valence-corrected chi connectivity index (χ3v) is 7.50. The van der Waals surface area contributed by atoms with E-state index in [2.05, 4.69) is 57.3 Å². The van der Waals surface area contributed by atoms with Crippen LogP contribution in [0.25, 0.3) is 0 Å². The van der Waals surface area contributed by atoms with E-state index in [-0.39, 0.29) is 11.9 Å². The Bertz CT molecular complexity index is 977. The molecular formula is C24H21BrFN. The summed E-state index contributed by atoms with van der Waals surface area (Å²) >= 11 is 3.77. The van der Waals surface area contributed by atoms with Gasteiger partial charge in [0.2, 0.25) is 0 Å². The van der Waals surface area contributed by atoms with Crippen LogP contribution in [0.4, 0.5) is 10.1 Å². The molecule has 2 aromatic rings. The SMILES string of the molecule is Fc1ccccc1[C@@H]1[C@H]2CC=C[C@@H]2c2cc(Br)cc3c2N1C[C@H]1CC=C[C@H]31. The molecule has 2 heterocycles. The second-order valence-corrected chi connectivity index (χ2v) is 9.27.